The van der Waals surface area contributed by atoms with Gasteiger partial charge in [-0.2, -0.15) is 13.2 Å². The maximum atomic E-state index is 14.2. The molecule has 0 radical (unpaired) electrons. The van der Waals surface area contributed by atoms with E-state index in [9.17, 15) is 18.0 Å². The molecule has 1 amide bonds. The van der Waals surface area contributed by atoms with Crippen LogP contribution < -0.4 is 0 Å². The van der Waals surface area contributed by atoms with Gasteiger partial charge >= 0.3 is 6.18 Å². The van der Waals surface area contributed by atoms with Crippen LogP contribution in [0.2, 0.25) is 19.6 Å². The summed E-state index contributed by atoms with van der Waals surface area (Å²) in [6.45, 7) is 5.69. The molecule has 1 aliphatic rings. The van der Waals surface area contributed by atoms with Crippen molar-refractivity contribution < 1.29 is 22.4 Å². The minimum Gasteiger partial charge on any atom is -0.393 e. The molecular weight excluding hydrogens is 335 g/mol. The van der Waals surface area contributed by atoms with E-state index in [0.29, 0.717) is 13.1 Å². The van der Waals surface area contributed by atoms with Crippen LogP contribution in [0.1, 0.15) is 24.8 Å². The lowest BCUT2D eigenvalue weighted by Crippen LogP contribution is -2.61. The number of hydrogen-bond acceptors (Lipinski definition) is 2. The van der Waals surface area contributed by atoms with Crippen molar-refractivity contribution in [1.29, 1.82) is 0 Å². The van der Waals surface area contributed by atoms with Crippen molar-refractivity contribution in [2.45, 2.75) is 50.7 Å². The van der Waals surface area contributed by atoms with Gasteiger partial charge in [-0.3, -0.25) is 4.79 Å². The summed E-state index contributed by atoms with van der Waals surface area (Å²) in [5.74, 6) is -0.983. The zero-order valence-corrected chi connectivity index (χ0v) is 15.3. The molecule has 1 aromatic carbocycles. The van der Waals surface area contributed by atoms with Crippen molar-refractivity contribution in [3.8, 4) is 0 Å². The summed E-state index contributed by atoms with van der Waals surface area (Å²) in [4.78, 5) is 14.4. The average molecular weight is 359 g/mol. The molecule has 0 aliphatic carbocycles. The summed E-state index contributed by atoms with van der Waals surface area (Å²) in [5.41, 5.74) is -3.06. The number of rotatable bonds is 4. The molecule has 1 fully saturated rings. The summed E-state index contributed by atoms with van der Waals surface area (Å²) in [6, 6.07) is 7.30. The molecule has 0 bridgehead atoms. The van der Waals surface area contributed by atoms with E-state index in [-0.39, 0.29) is 5.56 Å². The Hall–Kier alpha value is -1.34. The molecule has 24 heavy (non-hydrogen) atoms. The summed E-state index contributed by atoms with van der Waals surface area (Å²) in [5, 5.41) is 0. The summed E-state index contributed by atoms with van der Waals surface area (Å²) in [6.07, 6.45) is -2.45. The van der Waals surface area contributed by atoms with Gasteiger partial charge in [0.2, 0.25) is 0 Å². The van der Waals surface area contributed by atoms with Crippen molar-refractivity contribution in [2.75, 3.05) is 13.1 Å². The van der Waals surface area contributed by atoms with E-state index in [2.05, 4.69) is 0 Å². The zero-order chi connectivity index (χ0) is 18.0. The lowest BCUT2D eigenvalue weighted by atomic mass is 9.90. The van der Waals surface area contributed by atoms with E-state index < -0.39 is 26.0 Å². The standard InChI is InChI=1S/C17H24F3NO2Si/c1-24(2,3)23-16(17(18,19)20,14-10-6-4-7-11-14)15(22)21-12-8-5-9-13-21/h4,6-7,10-11H,5,8-9,12-13H2,1-3H3. The van der Waals surface area contributed by atoms with Gasteiger partial charge in [-0.25, -0.2) is 0 Å². The molecule has 134 valence electrons. The van der Waals surface area contributed by atoms with Crippen molar-refractivity contribution in [1.82, 2.24) is 4.90 Å². The largest absolute Gasteiger partial charge is 0.430 e. The molecule has 0 N–H and O–H groups in total. The molecule has 1 aromatic rings. The van der Waals surface area contributed by atoms with Gasteiger partial charge in [0.15, 0.2) is 8.32 Å². The van der Waals surface area contributed by atoms with Crippen LogP contribution in [0.5, 0.6) is 0 Å². The number of carbonyl (C=O) groups is 1. The fourth-order valence-corrected chi connectivity index (χ4v) is 4.26. The lowest BCUT2D eigenvalue weighted by Gasteiger charge is -2.43. The second kappa shape index (κ2) is 6.88. The number of likely N-dealkylation sites (tertiary alicyclic amines) is 1. The van der Waals surface area contributed by atoms with Gasteiger partial charge < -0.3 is 9.33 Å². The second-order valence-corrected chi connectivity index (χ2v) is 11.5. The predicted octanol–water partition coefficient (Wildman–Crippen LogP) is 4.31. The Kier molecular flexibility index (Phi) is 5.44. The molecule has 7 heteroatoms. The van der Waals surface area contributed by atoms with Gasteiger partial charge in [-0.05, 0) is 38.9 Å². The van der Waals surface area contributed by atoms with E-state index in [0.717, 1.165) is 19.3 Å². The first kappa shape index (κ1) is 19.0. The van der Waals surface area contributed by atoms with Gasteiger partial charge in [0.05, 0.1) is 0 Å². The van der Waals surface area contributed by atoms with Crippen molar-refractivity contribution in [3.05, 3.63) is 35.9 Å². The SMILES string of the molecule is C[Si](C)(C)OC(C(=O)N1CCCCC1)(c1ccccc1)C(F)(F)F. The monoisotopic (exact) mass is 359 g/mol. The third-order valence-corrected chi connectivity index (χ3v) is 4.90. The Morgan fingerprint density at radius 2 is 1.58 bits per heavy atom. The summed E-state index contributed by atoms with van der Waals surface area (Å²) < 4.78 is 48.4. The van der Waals surface area contributed by atoms with Crippen LogP contribution in [0.15, 0.2) is 30.3 Å². The van der Waals surface area contributed by atoms with E-state index in [4.69, 9.17) is 4.43 Å². The highest BCUT2D eigenvalue weighted by Gasteiger charge is 2.65. The van der Waals surface area contributed by atoms with E-state index in [1.165, 1.54) is 29.2 Å². The zero-order valence-electron chi connectivity index (χ0n) is 14.3. The summed E-state index contributed by atoms with van der Waals surface area (Å²) in [7, 11) is -2.68. The number of nitrogens with zero attached hydrogens (tertiary/aromatic N) is 1. The highest BCUT2D eigenvalue weighted by molar-refractivity contribution is 6.70. The van der Waals surface area contributed by atoms with Crippen molar-refractivity contribution in [2.24, 2.45) is 0 Å². The topological polar surface area (TPSA) is 29.5 Å². The van der Waals surface area contributed by atoms with E-state index >= 15 is 0 Å². The van der Waals surface area contributed by atoms with Gasteiger partial charge in [-0.15, -0.1) is 0 Å². The minimum absolute atomic E-state index is 0.143. The van der Waals surface area contributed by atoms with Gasteiger partial charge in [0.25, 0.3) is 11.5 Å². The van der Waals surface area contributed by atoms with Crippen LogP contribution in [0, 0.1) is 0 Å². The fraction of sp³-hybridized carbons (Fsp3) is 0.588. The third kappa shape index (κ3) is 3.83. The minimum atomic E-state index is -4.83. The maximum Gasteiger partial charge on any atom is 0.430 e. The molecule has 0 aromatic heterocycles. The van der Waals surface area contributed by atoms with E-state index in [1.807, 2.05) is 0 Å². The van der Waals surface area contributed by atoms with Gasteiger partial charge in [0.1, 0.15) is 0 Å². The highest BCUT2D eigenvalue weighted by Crippen LogP contribution is 2.45. The normalized spacial score (nSPS) is 19.0. The molecule has 1 atom stereocenters. The van der Waals surface area contributed by atoms with Crippen LogP contribution in [0.3, 0.4) is 0 Å². The van der Waals surface area contributed by atoms with Gasteiger partial charge in [0, 0.05) is 18.7 Å². The number of benzene rings is 1. The predicted molar refractivity (Wildman–Crippen MR) is 89.0 cm³/mol. The van der Waals surface area contributed by atoms with Crippen LogP contribution in [0.4, 0.5) is 13.2 Å². The Labute approximate surface area is 141 Å². The molecule has 0 saturated carbocycles. The average Bonchev–Trinajstić information content (AvgIpc) is 2.51. The van der Waals surface area contributed by atoms with Crippen molar-refractivity contribution in [3.63, 3.8) is 0 Å². The van der Waals surface area contributed by atoms with Crippen LogP contribution >= 0.6 is 0 Å². The molecule has 1 heterocycles. The third-order valence-electron chi connectivity index (χ3n) is 3.98. The molecule has 3 nitrogen and oxygen atoms in total. The molecule has 1 aliphatic heterocycles. The Balaban J connectivity index is 2.59. The number of piperidine rings is 1. The first-order valence-electron chi connectivity index (χ1n) is 8.20. The molecule has 1 saturated heterocycles. The van der Waals surface area contributed by atoms with Crippen molar-refractivity contribution >= 4 is 14.2 Å². The highest BCUT2D eigenvalue weighted by atomic mass is 28.4. The van der Waals surface area contributed by atoms with Gasteiger partial charge in [-0.1, -0.05) is 30.3 Å². The molecule has 2 rings (SSSR count). The van der Waals surface area contributed by atoms with Crippen LogP contribution in [-0.2, 0) is 14.8 Å². The number of alkyl halides is 3. The van der Waals surface area contributed by atoms with Crippen LogP contribution in [0.25, 0.3) is 0 Å². The smallest absolute Gasteiger partial charge is 0.393 e. The Morgan fingerprint density at radius 1 is 1.04 bits per heavy atom. The first-order chi connectivity index (χ1) is 11.1. The summed E-state index contributed by atoms with van der Waals surface area (Å²) >= 11 is 0. The Morgan fingerprint density at radius 3 is 2.04 bits per heavy atom. The quantitative estimate of drug-likeness (QED) is 0.750. The fourth-order valence-electron chi connectivity index (χ4n) is 3.02. The number of halogens is 3. The van der Waals surface area contributed by atoms with Crippen LogP contribution in [-0.4, -0.2) is 38.4 Å². The lowest BCUT2D eigenvalue weighted by molar-refractivity contribution is -0.255. The number of amides is 1. The molecule has 1 unspecified atom stereocenters. The second-order valence-electron chi connectivity index (χ2n) is 7.11. The number of carbonyl (C=O) groups excluding carboxylic acids is 1. The molecular formula is C17H24F3NO2Si. The number of hydrogen-bond donors (Lipinski definition) is 0. The Bertz CT molecular complexity index is 565. The van der Waals surface area contributed by atoms with E-state index in [1.54, 1.807) is 25.7 Å². The maximum absolute atomic E-state index is 14.2. The molecule has 0 spiro atoms. The first-order valence-corrected chi connectivity index (χ1v) is 11.6.